The van der Waals surface area contributed by atoms with E-state index in [9.17, 15) is 4.79 Å². The van der Waals surface area contributed by atoms with Crippen molar-refractivity contribution in [1.29, 1.82) is 0 Å². The largest absolute Gasteiger partial charge is 0.478 e. The molecule has 20 heavy (non-hydrogen) atoms. The zero-order valence-electron chi connectivity index (χ0n) is 10.00. The fraction of sp³-hybridized carbons (Fsp3) is 0.0769. The number of pyridine rings is 1. The van der Waals surface area contributed by atoms with Crippen molar-refractivity contribution in [3.63, 3.8) is 0 Å². The molecule has 0 spiro atoms. The number of ether oxygens (including phenoxy) is 3. The van der Waals surface area contributed by atoms with E-state index < -0.39 is 5.97 Å². The lowest BCUT2D eigenvalue weighted by molar-refractivity contribution is 0.0696. The monoisotopic (exact) mass is 293 g/mol. The number of rotatable bonds is 3. The molecule has 1 aliphatic rings. The van der Waals surface area contributed by atoms with Gasteiger partial charge in [-0.2, -0.15) is 0 Å². The van der Waals surface area contributed by atoms with Gasteiger partial charge in [-0.05, 0) is 18.2 Å². The molecular weight excluding hydrogens is 286 g/mol. The van der Waals surface area contributed by atoms with Gasteiger partial charge in [-0.1, -0.05) is 11.6 Å². The number of hydrogen-bond donors (Lipinski definition) is 1. The maximum Gasteiger partial charge on any atom is 0.335 e. The fourth-order valence-corrected chi connectivity index (χ4v) is 1.91. The first-order chi connectivity index (χ1) is 9.61. The number of benzene rings is 1. The minimum Gasteiger partial charge on any atom is -0.478 e. The van der Waals surface area contributed by atoms with Crippen molar-refractivity contribution in [3.8, 4) is 23.1 Å². The summed E-state index contributed by atoms with van der Waals surface area (Å²) in [5.74, 6) is 0.615. The van der Waals surface area contributed by atoms with Gasteiger partial charge in [-0.25, -0.2) is 9.78 Å². The van der Waals surface area contributed by atoms with Gasteiger partial charge in [0, 0.05) is 12.1 Å². The SMILES string of the molecule is O=C(O)c1cc(Cl)nc(Oc2ccc3c(c2)OCO3)c1. The summed E-state index contributed by atoms with van der Waals surface area (Å²) in [5, 5.41) is 8.99. The van der Waals surface area contributed by atoms with Crippen LogP contribution in [-0.4, -0.2) is 22.9 Å². The molecule has 0 unspecified atom stereocenters. The number of carbonyl (C=O) groups is 1. The summed E-state index contributed by atoms with van der Waals surface area (Å²) in [6, 6.07) is 7.53. The highest BCUT2D eigenvalue weighted by Crippen LogP contribution is 2.36. The smallest absolute Gasteiger partial charge is 0.335 e. The van der Waals surface area contributed by atoms with E-state index >= 15 is 0 Å². The first-order valence-electron chi connectivity index (χ1n) is 5.60. The van der Waals surface area contributed by atoms with Crippen LogP contribution in [0.4, 0.5) is 0 Å². The lowest BCUT2D eigenvalue weighted by atomic mass is 10.2. The second-order valence-corrected chi connectivity index (χ2v) is 4.33. The molecule has 6 nitrogen and oxygen atoms in total. The Morgan fingerprint density at radius 2 is 2.05 bits per heavy atom. The van der Waals surface area contributed by atoms with Crippen molar-refractivity contribution in [2.24, 2.45) is 0 Å². The van der Waals surface area contributed by atoms with E-state index in [4.69, 9.17) is 30.9 Å². The number of aromatic nitrogens is 1. The Morgan fingerprint density at radius 3 is 2.85 bits per heavy atom. The topological polar surface area (TPSA) is 77.9 Å². The number of carboxylic acids is 1. The minimum absolute atomic E-state index is 0.000688. The number of fused-ring (bicyclic) bond motifs is 1. The van der Waals surface area contributed by atoms with Crippen LogP contribution in [0.15, 0.2) is 30.3 Å². The number of carboxylic acid groups (broad SMARTS) is 1. The predicted octanol–water partition coefficient (Wildman–Crippen LogP) is 2.95. The van der Waals surface area contributed by atoms with E-state index in [1.165, 1.54) is 12.1 Å². The third kappa shape index (κ3) is 2.46. The molecule has 7 heteroatoms. The zero-order valence-corrected chi connectivity index (χ0v) is 10.8. The Bertz CT molecular complexity index is 688. The Morgan fingerprint density at radius 1 is 1.25 bits per heavy atom. The Hall–Kier alpha value is -2.47. The van der Waals surface area contributed by atoms with Gasteiger partial charge < -0.3 is 19.3 Å². The first kappa shape index (κ1) is 12.6. The van der Waals surface area contributed by atoms with Gasteiger partial charge in [0.25, 0.3) is 0 Å². The van der Waals surface area contributed by atoms with Gasteiger partial charge in [0.15, 0.2) is 11.5 Å². The molecule has 0 fully saturated rings. The second kappa shape index (κ2) is 4.90. The molecule has 0 bridgehead atoms. The normalized spacial score (nSPS) is 12.2. The molecule has 0 amide bonds. The minimum atomic E-state index is -1.11. The molecule has 0 atom stereocenters. The van der Waals surface area contributed by atoms with E-state index in [0.29, 0.717) is 17.2 Å². The number of hydrogen-bond acceptors (Lipinski definition) is 5. The molecule has 0 saturated carbocycles. The Kier molecular flexibility index (Phi) is 3.08. The van der Waals surface area contributed by atoms with Crippen molar-refractivity contribution in [3.05, 3.63) is 41.0 Å². The predicted molar refractivity (Wildman–Crippen MR) is 68.8 cm³/mol. The molecule has 1 aromatic heterocycles. The Labute approximate surface area is 118 Å². The van der Waals surface area contributed by atoms with E-state index in [-0.39, 0.29) is 23.4 Å². The highest BCUT2D eigenvalue weighted by Gasteiger charge is 2.15. The van der Waals surface area contributed by atoms with E-state index in [0.717, 1.165) is 0 Å². The van der Waals surface area contributed by atoms with Crippen LogP contribution in [0.25, 0.3) is 0 Å². The fourth-order valence-electron chi connectivity index (χ4n) is 1.71. The quantitative estimate of drug-likeness (QED) is 0.877. The number of halogens is 1. The van der Waals surface area contributed by atoms with Crippen LogP contribution in [-0.2, 0) is 0 Å². The average Bonchev–Trinajstić information content (AvgIpc) is 2.85. The van der Waals surface area contributed by atoms with Crippen LogP contribution in [0.1, 0.15) is 10.4 Å². The molecule has 1 aromatic carbocycles. The summed E-state index contributed by atoms with van der Waals surface area (Å²) in [7, 11) is 0. The van der Waals surface area contributed by atoms with Crippen LogP contribution in [0.2, 0.25) is 5.15 Å². The molecule has 102 valence electrons. The molecule has 1 aliphatic heterocycles. The highest BCUT2D eigenvalue weighted by molar-refractivity contribution is 6.29. The summed E-state index contributed by atoms with van der Waals surface area (Å²) < 4.78 is 15.9. The zero-order chi connectivity index (χ0) is 14.1. The highest BCUT2D eigenvalue weighted by atomic mass is 35.5. The van der Waals surface area contributed by atoms with E-state index in [1.807, 2.05) is 0 Å². The molecular formula is C13H8ClNO5. The van der Waals surface area contributed by atoms with Crippen LogP contribution in [0.3, 0.4) is 0 Å². The van der Waals surface area contributed by atoms with Crippen molar-refractivity contribution in [2.75, 3.05) is 6.79 Å². The van der Waals surface area contributed by atoms with Gasteiger partial charge in [-0.15, -0.1) is 0 Å². The maximum absolute atomic E-state index is 10.9. The maximum atomic E-state index is 10.9. The van der Waals surface area contributed by atoms with Crippen molar-refractivity contribution in [2.45, 2.75) is 0 Å². The van der Waals surface area contributed by atoms with Crippen LogP contribution in [0, 0.1) is 0 Å². The lowest BCUT2D eigenvalue weighted by Gasteiger charge is -2.06. The van der Waals surface area contributed by atoms with Gasteiger partial charge in [0.05, 0.1) is 5.56 Å². The summed E-state index contributed by atoms with van der Waals surface area (Å²) in [6.07, 6.45) is 0. The third-order valence-electron chi connectivity index (χ3n) is 2.58. The van der Waals surface area contributed by atoms with Crippen molar-refractivity contribution >= 4 is 17.6 Å². The average molecular weight is 294 g/mol. The molecule has 0 aliphatic carbocycles. The molecule has 2 heterocycles. The molecule has 0 radical (unpaired) electrons. The first-order valence-corrected chi connectivity index (χ1v) is 5.98. The Balaban J connectivity index is 1.89. The molecule has 0 saturated heterocycles. The summed E-state index contributed by atoms with van der Waals surface area (Å²) in [6.45, 7) is 0.164. The third-order valence-corrected chi connectivity index (χ3v) is 2.78. The van der Waals surface area contributed by atoms with Crippen LogP contribution in [0.5, 0.6) is 23.1 Å². The second-order valence-electron chi connectivity index (χ2n) is 3.94. The summed E-state index contributed by atoms with van der Waals surface area (Å²) in [4.78, 5) is 14.8. The van der Waals surface area contributed by atoms with Gasteiger partial charge in [0.2, 0.25) is 12.7 Å². The summed E-state index contributed by atoms with van der Waals surface area (Å²) in [5.41, 5.74) is 0.000688. The van der Waals surface area contributed by atoms with Crippen molar-refractivity contribution < 1.29 is 24.1 Å². The summed E-state index contributed by atoms with van der Waals surface area (Å²) >= 11 is 5.75. The van der Waals surface area contributed by atoms with Gasteiger partial charge >= 0.3 is 5.97 Å². The number of aromatic carboxylic acids is 1. The number of nitrogens with zero attached hydrogens (tertiary/aromatic N) is 1. The lowest BCUT2D eigenvalue weighted by Crippen LogP contribution is -1.98. The van der Waals surface area contributed by atoms with Crippen LogP contribution >= 0.6 is 11.6 Å². The van der Waals surface area contributed by atoms with Gasteiger partial charge in [0.1, 0.15) is 10.9 Å². The molecule has 2 aromatic rings. The van der Waals surface area contributed by atoms with Crippen molar-refractivity contribution in [1.82, 2.24) is 4.98 Å². The molecule has 3 rings (SSSR count). The van der Waals surface area contributed by atoms with E-state index in [2.05, 4.69) is 4.98 Å². The van der Waals surface area contributed by atoms with E-state index in [1.54, 1.807) is 18.2 Å². The van der Waals surface area contributed by atoms with Gasteiger partial charge in [-0.3, -0.25) is 0 Å². The van der Waals surface area contributed by atoms with Crippen LogP contribution < -0.4 is 14.2 Å². The standard InChI is InChI=1S/C13H8ClNO5/c14-11-3-7(13(16)17)4-12(15-11)20-8-1-2-9-10(5-8)19-6-18-9/h1-5H,6H2,(H,16,17). The molecule has 1 N–H and O–H groups in total.